The summed E-state index contributed by atoms with van der Waals surface area (Å²) in [6.45, 7) is 4.64. The fourth-order valence-corrected chi connectivity index (χ4v) is 2.54. The van der Waals surface area contributed by atoms with Gasteiger partial charge < -0.3 is 10.6 Å². The van der Waals surface area contributed by atoms with Gasteiger partial charge in [0.15, 0.2) is 0 Å². The summed E-state index contributed by atoms with van der Waals surface area (Å²) in [6.07, 6.45) is 0.271. The molecule has 0 unspecified atom stereocenters. The molecule has 0 atom stereocenters. The maximum absolute atomic E-state index is 12.2. The van der Waals surface area contributed by atoms with Crippen LogP contribution in [0, 0.1) is 25.2 Å². The fraction of sp³-hybridized carbons (Fsp3) is 0.286. The molecule has 140 valence electrons. The lowest BCUT2D eigenvalue weighted by atomic mass is 10.1. The lowest BCUT2D eigenvalue weighted by Gasteiger charge is -2.17. The number of nitrogens with zero attached hydrogens (tertiary/aromatic N) is 2. The van der Waals surface area contributed by atoms with Crippen molar-refractivity contribution in [1.82, 2.24) is 4.90 Å². The van der Waals surface area contributed by atoms with E-state index < -0.39 is 0 Å². The summed E-state index contributed by atoms with van der Waals surface area (Å²) >= 11 is 0. The normalized spacial score (nSPS) is 10.3. The first-order chi connectivity index (χ1) is 12.9. The van der Waals surface area contributed by atoms with Crippen LogP contribution in [0.3, 0.4) is 0 Å². The van der Waals surface area contributed by atoms with E-state index in [-0.39, 0.29) is 24.8 Å². The van der Waals surface area contributed by atoms with E-state index in [4.69, 9.17) is 5.26 Å². The SMILES string of the molecule is Cc1cccc(NC(=O)CN(C)CCC(=O)Nc2ccc(C#N)cc2)c1C. The molecule has 0 bridgehead atoms. The standard InChI is InChI=1S/C21H24N4O2/c1-15-5-4-6-19(16(15)2)24-21(27)14-25(3)12-11-20(26)23-18-9-7-17(13-22)8-10-18/h4-10H,11-12,14H2,1-3H3,(H,23,26)(H,24,27). The number of nitriles is 1. The second-order valence-electron chi connectivity index (χ2n) is 6.52. The Morgan fingerprint density at radius 3 is 2.41 bits per heavy atom. The second-order valence-corrected chi connectivity index (χ2v) is 6.52. The maximum Gasteiger partial charge on any atom is 0.238 e. The maximum atomic E-state index is 12.2. The van der Waals surface area contributed by atoms with Crippen molar-refractivity contribution in [2.45, 2.75) is 20.3 Å². The number of carbonyl (C=O) groups excluding carboxylic acids is 2. The van der Waals surface area contributed by atoms with Gasteiger partial charge >= 0.3 is 0 Å². The van der Waals surface area contributed by atoms with Gasteiger partial charge in [0.1, 0.15) is 0 Å². The summed E-state index contributed by atoms with van der Waals surface area (Å²) < 4.78 is 0. The predicted molar refractivity (Wildman–Crippen MR) is 106 cm³/mol. The molecule has 2 rings (SSSR count). The summed E-state index contributed by atoms with van der Waals surface area (Å²) in [4.78, 5) is 26.0. The van der Waals surface area contributed by atoms with Crippen molar-refractivity contribution in [3.05, 3.63) is 59.2 Å². The van der Waals surface area contributed by atoms with Gasteiger partial charge in [-0.25, -0.2) is 0 Å². The third-order valence-corrected chi connectivity index (χ3v) is 4.31. The fourth-order valence-electron chi connectivity index (χ4n) is 2.54. The first kappa shape index (κ1) is 20.1. The zero-order chi connectivity index (χ0) is 19.8. The number of nitrogens with one attached hydrogen (secondary N) is 2. The summed E-state index contributed by atoms with van der Waals surface area (Å²) in [6, 6.07) is 14.5. The molecule has 2 aromatic carbocycles. The van der Waals surface area contributed by atoms with E-state index in [1.54, 1.807) is 36.2 Å². The molecule has 2 amide bonds. The van der Waals surface area contributed by atoms with E-state index >= 15 is 0 Å². The van der Waals surface area contributed by atoms with Crippen molar-refractivity contribution in [2.75, 3.05) is 30.8 Å². The number of hydrogen-bond donors (Lipinski definition) is 2. The van der Waals surface area contributed by atoms with Crippen molar-refractivity contribution < 1.29 is 9.59 Å². The van der Waals surface area contributed by atoms with E-state index in [1.807, 2.05) is 38.1 Å². The molecule has 6 heteroatoms. The van der Waals surface area contributed by atoms with Crippen molar-refractivity contribution in [2.24, 2.45) is 0 Å². The van der Waals surface area contributed by atoms with Gasteiger partial charge in [-0.15, -0.1) is 0 Å². The third kappa shape index (κ3) is 6.24. The van der Waals surface area contributed by atoms with Crippen LogP contribution in [0.15, 0.2) is 42.5 Å². The van der Waals surface area contributed by atoms with Gasteiger partial charge in [-0.05, 0) is 62.4 Å². The third-order valence-electron chi connectivity index (χ3n) is 4.31. The highest BCUT2D eigenvalue weighted by Crippen LogP contribution is 2.17. The van der Waals surface area contributed by atoms with Crippen molar-refractivity contribution in [3.63, 3.8) is 0 Å². The average molecular weight is 364 g/mol. The lowest BCUT2D eigenvalue weighted by molar-refractivity contribution is -0.119. The minimum atomic E-state index is -0.138. The van der Waals surface area contributed by atoms with Gasteiger partial charge in [0, 0.05) is 24.3 Å². The van der Waals surface area contributed by atoms with Gasteiger partial charge in [-0.2, -0.15) is 5.26 Å². The number of rotatable bonds is 7. The highest BCUT2D eigenvalue weighted by molar-refractivity contribution is 5.93. The molecular formula is C21H24N4O2. The Kier molecular flexibility index (Phi) is 7.09. The number of aryl methyl sites for hydroxylation is 1. The van der Waals surface area contributed by atoms with Gasteiger partial charge in [0.25, 0.3) is 0 Å². The highest BCUT2D eigenvalue weighted by atomic mass is 16.2. The van der Waals surface area contributed by atoms with Crippen LogP contribution in [0.5, 0.6) is 0 Å². The number of carbonyl (C=O) groups is 2. The van der Waals surface area contributed by atoms with Crippen LogP contribution in [0.25, 0.3) is 0 Å². The van der Waals surface area contributed by atoms with Crippen molar-refractivity contribution in [3.8, 4) is 6.07 Å². The Hall–Kier alpha value is -3.17. The first-order valence-corrected chi connectivity index (χ1v) is 8.73. The van der Waals surface area contributed by atoms with Gasteiger partial charge in [-0.1, -0.05) is 12.1 Å². The van der Waals surface area contributed by atoms with Gasteiger partial charge in [0.05, 0.1) is 18.2 Å². The monoisotopic (exact) mass is 364 g/mol. The van der Waals surface area contributed by atoms with E-state index in [2.05, 4.69) is 10.6 Å². The van der Waals surface area contributed by atoms with E-state index in [1.165, 1.54) is 0 Å². The van der Waals surface area contributed by atoms with Gasteiger partial charge in [-0.3, -0.25) is 14.5 Å². The average Bonchev–Trinajstić information content (AvgIpc) is 2.64. The van der Waals surface area contributed by atoms with Gasteiger partial charge in [0.2, 0.25) is 11.8 Å². The molecule has 0 heterocycles. The number of hydrogen-bond acceptors (Lipinski definition) is 4. The molecule has 0 radical (unpaired) electrons. The van der Waals surface area contributed by atoms with Crippen LogP contribution in [-0.4, -0.2) is 36.9 Å². The molecular weight excluding hydrogens is 340 g/mol. The molecule has 0 aliphatic carbocycles. The van der Waals surface area contributed by atoms with Crippen LogP contribution in [0.4, 0.5) is 11.4 Å². The summed E-state index contributed by atoms with van der Waals surface area (Å²) in [5.41, 5.74) is 4.18. The molecule has 27 heavy (non-hydrogen) atoms. The van der Waals surface area contributed by atoms with E-state index in [0.29, 0.717) is 17.8 Å². The van der Waals surface area contributed by atoms with E-state index in [9.17, 15) is 9.59 Å². The minimum Gasteiger partial charge on any atom is -0.326 e. The molecule has 0 saturated carbocycles. The molecule has 2 aromatic rings. The molecule has 0 aliphatic rings. The molecule has 0 aliphatic heterocycles. The Labute approximate surface area is 159 Å². The number of amides is 2. The Balaban J connectivity index is 1.76. The second kappa shape index (κ2) is 9.51. The molecule has 6 nitrogen and oxygen atoms in total. The summed E-state index contributed by atoms with van der Waals surface area (Å²) in [5.74, 6) is -0.250. The molecule has 0 aromatic heterocycles. The molecule has 0 spiro atoms. The summed E-state index contributed by atoms with van der Waals surface area (Å²) in [7, 11) is 1.80. The molecule has 2 N–H and O–H groups in total. The smallest absolute Gasteiger partial charge is 0.238 e. The predicted octanol–water partition coefficient (Wildman–Crippen LogP) is 3.07. The van der Waals surface area contributed by atoms with Crippen LogP contribution >= 0.6 is 0 Å². The zero-order valence-corrected chi connectivity index (χ0v) is 15.9. The van der Waals surface area contributed by atoms with Crippen LogP contribution < -0.4 is 10.6 Å². The zero-order valence-electron chi connectivity index (χ0n) is 15.9. The van der Waals surface area contributed by atoms with E-state index in [0.717, 1.165) is 16.8 Å². The Morgan fingerprint density at radius 1 is 1.04 bits per heavy atom. The minimum absolute atomic E-state index is 0.112. The highest BCUT2D eigenvalue weighted by Gasteiger charge is 2.11. The number of anilines is 2. The Morgan fingerprint density at radius 2 is 1.74 bits per heavy atom. The van der Waals surface area contributed by atoms with Crippen molar-refractivity contribution in [1.29, 1.82) is 5.26 Å². The quantitative estimate of drug-likeness (QED) is 0.791. The molecule has 0 fully saturated rings. The van der Waals surface area contributed by atoms with Crippen molar-refractivity contribution >= 4 is 23.2 Å². The first-order valence-electron chi connectivity index (χ1n) is 8.73. The van der Waals surface area contributed by atoms with Crippen LogP contribution in [0.2, 0.25) is 0 Å². The van der Waals surface area contributed by atoms with Crippen LogP contribution in [-0.2, 0) is 9.59 Å². The number of likely N-dealkylation sites (N-methyl/N-ethyl adjacent to an activating group) is 1. The lowest BCUT2D eigenvalue weighted by Crippen LogP contribution is -2.32. The molecule has 0 saturated heterocycles. The summed E-state index contributed by atoms with van der Waals surface area (Å²) in [5, 5.41) is 14.5. The topological polar surface area (TPSA) is 85.2 Å². The van der Waals surface area contributed by atoms with Crippen LogP contribution in [0.1, 0.15) is 23.1 Å². The largest absolute Gasteiger partial charge is 0.326 e. The number of benzene rings is 2. The Bertz CT molecular complexity index is 853.